The van der Waals surface area contributed by atoms with Crippen LogP contribution in [-0.4, -0.2) is 0 Å². The third kappa shape index (κ3) is 3.63. The first-order valence-electron chi connectivity index (χ1n) is 8.77. The Bertz CT molecular complexity index is 1220. The lowest BCUT2D eigenvalue weighted by Crippen LogP contribution is -2.24. The van der Waals surface area contributed by atoms with Crippen molar-refractivity contribution in [1.29, 1.82) is 0 Å². The van der Waals surface area contributed by atoms with Crippen LogP contribution >= 0.6 is 23.4 Å². The second-order valence-corrected chi connectivity index (χ2v) is 7.82. The molecule has 2 aromatic heterocycles. The molecule has 140 valence electrons. The van der Waals surface area contributed by atoms with E-state index in [9.17, 15) is 10.0 Å². The molecule has 0 atom stereocenters. The molecule has 0 saturated heterocycles. The van der Waals surface area contributed by atoms with Crippen LogP contribution in [0.2, 0.25) is 5.02 Å². The van der Waals surface area contributed by atoms with Crippen molar-refractivity contribution in [2.75, 3.05) is 0 Å². The first-order valence-corrected chi connectivity index (χ1v) is 9.97. The van der Waals surface area contributed by atoms with Gasteiger partial charge in [-0.15, -0.1) is 0 Å². The Labute approximate surface area is 171 Å². The largest absolute Gasteiger partial charge is 0.619 e. The van der Waals surface area contributed by atoms with E-state index in [1.165, 1.54) is 24.2 Å². The number of pyridine rings is 1. The van der Waals surface area contributed by atoms with Gasteiger partial charge in [0.15, 0.2) is 12.4 Å². The van der Waals surface area contributed by atoms with Crippen molar-refractivity contribution < 1.29 is 9.15 Å². The van der Waals surface area contributed by atoms with Gasteiger partial charge in [0.25, 0.3) is 0 Å². The monoisotopic (exact) mass is 409 g/mol. The highest BCUT2D eigenvalue weighted by molar-refractivity contribution is 7.99. The fourth-order valence-electron chi connectivity index (χ4n) is 3.11. The number of nitrogens with zero attached hydrogens (tertiary/aromatic N) is 1. The predicted octanol–water partition coefficient (Wildman–Crippen LogP) is 5.46. The Morgan fingerprint density at radius 3 is 2.68 bits per heavy atom. The van der Waals surface area contributed by atoms with Gasteiger partial charge in [0.2, 0.25) is 0 Å². The van der Waals surface area contributed by atoms with Gasteiger partial charge in [-0.3, -0.25) is 0 Å². The second kappa shape index (κ2) is 7.70. The van der Waals surface area contributed by atoms with Gasteiger partial charge in [-0.1, -0.05) is 48.5 Å². The fraction of sp³-hybridized carbons (Fsp3) is 0.0909. The molecule has 0 aliphatic carbocycles. The van der Waals surface area contributed by atoms with Gasteiger partial charge in [-0.25, -0.2) is 4.79 Å². The molecule has 0 aliphatic rings. The van der Waals surface area contributed by atoms with Gasteiger partial charge in [0.1, 0.15) is 5.76 Å². The summed E-state index contributed by atoms with van der Waals surface area (Å²) in [6, 6.07) is 16.7. The molecule has 0 bridgehead atoms. The number of aromatic nitrogens is 1. The molecule has 0 saturated carbocycles. The number of hydrogen-bond acceptors (Lipinski definition) is 4. The minimum Gasteiger partial charge on any atom is -0.619 e. The van der Waals surface area contributed by atoms with Crippen molar-refractivity contribution in [3.63, 3.8) is 0 Å². The normalized spacial score (nSPS) is 11.1. The van der Waals surface area contributed by atoms with E-state index < -0.39 is 5.63 Å². The first-order chi connectivity index (χ1) is 13.5. The van der Waals surface area contributed by atoms with Gasteiger partial charge in [-0.05, 0) is 47.7 Å². The number of rotatable bonds is 4. The van der Waals surface area contributed by atoms with Crippen LogP contribution in [0.25, 0.3) is 22.1 Å². The summed E-state index contributed by atoms with van der Waals surface area (Å²) in [6.45, 7) is 2.00. The van der Waals surface area contributed by atoms with E-state index in [1.807, 2.05) is 55.5 Å². The lowest BCUT2D eigenvalue weighted by molar-refractivity contribution is -0.605. The van der Waals surface area contributed by atoms with E-state index in [2.05, 4.69) is 0 Å². The number of hydrogen-bond donors (Lipinski definition) is 0. The second-order valence-electron chi connectivity index (χ2n) is 6.27. The van der Waals surface area contributed by atoms with Crippen LogP contribution in [0.1, 0.15) is 12.5 Å². The lowest BCUT2D eigenvalue weighted by atomic mass is 10.0. The summed E-state index contributed by atoms with van der Waals surface area (Å²) >= 11 is 7.43. The Morgan fingerprint density at radius 2 is 1.93 bits per heavy atom. The maximum atomic E-state index is 12.7. The number of benzene rings is 2. The third-order valence-electron chi connectivity index (χ3n) is 4.46. The molecule has 2 heterocycles. The maximum absolute atomic E-state index is 12.7. The Kier molecular flexibility index (Phi) is 5.11. The van der Waals surface area contributed by atoms with Gasteiger partial charge < -0.3 is 9.62 Å². The van der Waals surface area contributed by atoms with E-state index in [4.69, 9.17) is 16.0 Å². The highest BCUT2D eigenvalue weighted by Crippen LogP contribution is 2.36. The Balaban J connectivity index is 1.86. The molecule has 0 radical (unpaired) electrons. The van der Waals surface area contributed by atoms with Gasteiger partial charge >= 0.3 is 5.63 Å². The van der Waals surface area contributed by atoms with Crippen molar-refractivity contribution in [2.45, 2.75) is 23.1 Å². The van der Waals surface area contributed by atoms with Crippen molar-refractivity contribution >= 4 is 34.1 Å². The molecule has 4 nitrogen and oxygen atoms in total. The van der Waals surface area contributed by atoms with Crippen molar-refractivity contribution in [2.24, 2.45) is 0 Å². The molecule has 6 heteroatoms. The summed E-state index contributed by atoms with van der Waals surface area (Å²) < 4.78 is 6.33. The van der Waals surface area contributed by atoms with E-state index in [1.54, 1.807) is 6.07 Å². The molecule has 0 aliphatic heterocycles. The zero-order valence-electron chi connectivity index (χ0n) is 15.0. The number of halogens is 1. The van der Waals surface area contributed by atoms with Crippen molar-refractivity contribution in [3.8, 4) is 11.3 Å². The zero-order chi connectivity index (χ0) is 19.7. The van der Waals surface area contributed by atoms with Crippen molar-refractivity contribution in [3.05, 3.63) is 93.2 Å². The highest BCUT2D eigenvalue weighted by atomic mass is 35.5. The van der Waals surface area contributed by atoms with Crippen LogP contribution in [0, 0.1) is 5.21 Å². The molecule has 0 N–H and O–H groups in total. The molecular weight excluding hydrogens is 394 g/mol. The molecule has 2 aromatic carbocycles. The Hall–Kier alpha value is -2.76. The summed E-state index contributed by atoms with van der Waals surface area (Å²) in [7, 11) is 0. The third-order valence-corrected chi connectivity index (χ3v) is 5.79. The van der Waals surface area contributed by atoms with Gasteiger partial charge in [0, 0.05) is 20.9 Å². The molecule has 4 rings (SSSR count). The van der Waals surface area contributed by atoms with Crippen LogP contribution in [0.5, 0.6) is 0 Å². The molecule has 4 aromatic rings. The van der Waals surface area contributed by atoms with E-state index in [0.717, 1.165) is 27.2 Å². The van der Waals surface area contributed by atoms with Crippen LogP contribution in [-0.2, 0) is 6.42 Å². The Morgan fingerprint density at radius 1 is 1.14 bits per heavy atom. The fourth-order valence-corrected chi connectivity index (χ4v) is 4.15. The summed E-state index contributed by atoms with van der Waals surface area (Å²) in [5, 5.41) is 14.0. The zero-order valence-corrected chi connectivity index (χ0v) is 16.6. The van der Waals surface area contributed by atoms with Crippen LogP contribution < -0.4 is 10.4 Å². The first kappa shape index (κ1) is 18.6. The summed E-state index contributed by atoms with van der Waals surface area (Å²) in [4.78, 5) is 14.4. The topological polar surface area (TPSA) is 57.1 Å². The van der Waals surface area contributed by atoms with E-state index in [-0.39, 0.29) is 0 Å². The van der Waals surface area contributed by atoms with Crippen molar-refractivity contribution in [1.82, 2.24) is 0 Å². The van der Waals surface area contributed by atoms with Crippen LogP contribution in [0.4, 0.5) is 0 Å². The molecule has 0 unspecified atom stereocenters. The minimum atomic E-state index is -0.395. The molecule has 0 fully saturated rings. The summed E-state index contributed by atoms with van der Waals surface area (Å²) in [5.41, 5.74) is 1.12. The summed E-state index contributed by atoms with van der Waals surface area (Å²) in [5.74, 6) is 0.368. The SMILES string of the molecule is CCc1cccc2cc(-c3c[n+]([O-])ccc3Sc3ccc(Cl)cc3)oc(=O)c12. The molecule has 0 spiro atoms. The molecule has 28 heavy (non-hydrogen) atoms. The predicted molar refractivity (Wildman–Crippen MR) is 112 cm³/mol. The summed E-state index contributed by atoms with van der Waals surface area (Å²) in [6.07, 6.45) is 3.59. The average molecular weight is 410 g/mol. The smallest absolute Gasteiger partial charge is 0.344 e. The molecular formula is C22H16ClNO3S. The number of fused-ring (bicyclic) bond motifs is 1. The average Bonchev–Trinajstić information content (AvgIpc) is 2.70. The maximum Gasteiger partial charge on any atom is 0.344 e. The van der Waals surface area contributed by atoms with E-state index >= 15 is 0 Å². The van der Waals surface area contributed by atoms with Gasteiger partial charge in [-0.2, -0.15) is 4.73 Å². The van der Waals surface area contributed by atoms with Crippen LogP contribution in [0.15, 0.2) is 86.0 Å². The quantitative estimate of drug-likeness (QED) is 0.331. The number of aryl methyl sites for hydroxylation is 1. The van der Waals surface area contributed by atoms with Crippen LogP contribution in [0.3, 0.4) is 0 Å². The minimum absolute atomic E-state index is 0.368. The highest BCUT2D eigenvalue weighted by Gasteiger charge is 2.16. The van der Waals surface area contributed by atoms with E-state index in [0.29, 0.717) is 26.5 Å². The lowest BCUT2D eigenvalue weighted by Gasteiger charge is -2.10. The molecule has 0 amide bonds. The van der Waals surface area contributed by atoms with Gasteiger partial charge in [0.05, 0.1) is 10.9 Å². The standard InChI is InChI=1S/C22H16ClNO3S/c1-2-14-4-3-5-15-12-19(27-22(25)21(14)15)18-13-24(26)11-10-20(18)28-17-8-6-16(23)7-9-17/h3-13H,2H2,1H3.